The fourth-order valence-corrected chi connectivity index (χ4v) is 1.36. The maximum Gasteiger partial charge on any atom is 0.270 e. The number of anilines is 1. The smallest absolute Gasteiger partial charge is 0.270 e. The summed E-state index contributed by atoms with van der Waals surface area (Å²) in [5.41, 5.74) is 6.61. The van der Waals surface area contributed by atoms with Crippen LogP contribution >= 0.6 is 0 Å². The maximum absolute atomic E-state index is 10.6. The molecule has 3 N–H and O–H groups in total. The van der Waals surface area contributed by atoms with Gasteiger partial charge in [0.1, 0.15) is 6.07 Å². The van der Waals surface area contributed by atoms with Crippen LogP contribution in [0.25, 0.3) is 0 Å². The van der Waals surface area contributed by atoms with Gasteiger partial charge in [-0.1, -0.05) is 13.8 Å². The standard InChI is InChI=1S/C12H16N4O2/c1-8(2)11(14)7-15-12-4-3-10(16(17)18)5-9(12)6-13/h3-5,8,11,15H,7,14H2,1-2H3. The van der Waals surface area contributed by atoms with E-state index in [1.807, 2.05) is 19.9 Å². The summed E-state index contributed by atoms with van der Waals surface area (Å²) in [5.74, 6) is 0.320. The maximum atomic E-state index is 10.6. The SMILES string of the molecule is CC(C)C(N)CNc1ccc([N+](=O)[O-])cc1C#N. The Morgan fingerprint density at radius 3 is 2.72 bits per heavy atom. The van der Waals surface area contributed by atoms with Gasteiger partial charge in [-0.3, -0.25) is 10.1 Å². The number of non-ortho nitro benzene ring substituents is 1. The topological polar surface area (TPSA) is 105 Å². The fourth-order valence-electron chi connectivity index (χ4n) is 1.36. The number of nitrogens with one attached hydrogen (secondary N) is 1. The second kappa shape index (κ2) is 5.98. The molecule has 0 heterocycles. The fraction of sp³-hybridized carbons (Fsp3) is 0.417. The second-order valence-electron chi connectivity index (χ2n) is 4.39. The summed E-state index contributed by atoms with van der Waals surface area (Å²) in [7, 11) is 0. The average Bonchev–Trinajstić information content (AvgIpc) is 2.35. The van der Waals surface area contributed by atoms with E-state index in [1.165, 1.54) is 18.2 Å². The Labute approximate surface area is 106 Å². The van der Waals surface area contributed by atoms with E-state index >= 15 is 0 Å². The molecule has 1 rings (SSSR count). The molecule has 6 nitrogen and oxygen atoms in total. The van der Waals surface area contributed by atoms with Crippen LogP contribution in [0.2, 0.25) is 0 Å². The van der Waals surface area contributed by atoms with E-state index < -0.39 is 4.92 Å². The molecule has 0 aliphatic heterocycles. The summed E-state index contributed by atoms with van der Waals surface area (Å²) in [6, 6.07) is 6.05. The van der Waals surface area contributed by atoms with Crippen molar-refractivity contribution in [1.29, 1.82) is 5.26 Å². The minimum Gasteiger partial charge on any atom is -0.382 e. The molecule has 1 atom stereocenters. The van der Waals surface area contributed by atoms with E-state index in [2.05, 4.69) is 5.32 Å². The van der Waals surface area contributed by atoms with Crippen LogP contribution in [0.15, 0.2) is 18.2 Å². The molecule has 0 bridgehead atoms. The van der Waals surface area contributed by atoms with Gasteiger partial charge >= 0.3 is 0 Å². The highest BCUT2D eigenvalue weighted by Crippen LogP contribution is 2.21. The van der Waals surface area contributed by atoms with E-state index in [0.717, 1.165) is 0 Å². The Bertz CT molecular complexity index is 479. The number of nitro benzene ring substituents is 1. The van der Waals surface area contributed by atoms with E-state index in [4.69, 9.17) is 11.0 Å². The lowest BCUT2D eigenvalue weighted by Crippen LogP contribution is -2.34. The third-order valence-electron chi connectivity index (χ3n) is 2.72. The van der Waals surface area contributed by atoms with Gasteiger partial charge in [0.25, 0.3) is 5.69 Å². The summed E-state index contributed by atoms with van der Waals surface area (Å²) in [5, 5.41) is 22.6. The van der Waals surface area contributed by atoms with Crippen LogP contribution in [-0.2, 0) is 0 Å². The van der Waals surface area contributed by atoms with E-state index in [-0.39, 0.29) is 17.3 Å². The Morgan fingerprint density at radius 2 is 2.22 bits per heavy atom. The molecule has 1 aromatic carbocycles. The lowest BCUT2D eigenvalue weighted by molar-refractivity contribution is -0.384. The number of nitriles is 1. The summed E-state index contributed by atoms with van der Waals surface area (Å²) in [4.78, 5) is 10.1. The van der Waals surface area contributed by atoms with Crippen molar-refractivity contribution in [1.82, 2.24) is 0 Å². The minimum atomic E-state index is -0.523. The van der Waals surface area contributed by atoms with E-state index in [0.29, 0.717) is 18.2 Å². The average molecular weight is 248 g/mol. The number of rotatable bonds is 5. The Morgan fingerprint density at radius 1 is 1.56 bits per heavy atom. The first-order valence-electron chi connectivity index (χ1n) is 5.63. The number of hydrogen-bond acceptors (Lipinski definition) is 5. The van der Waals surface area contributed by atoms with Crippen LogP contribution in [0.1, 0.15) is 19.4 Å². The molecule has 0 aliphatic carbocycles. The number of benzene rings is 1. The lowest BCUT2D eigenvalue weighted by atomic mass is 10.1. The minimum absolute atomic E-state index is 0.0354. The first-order valence-corrected chi connectivity index (χ1v) is 5.63. The van der Waals surface area contributed by atoms with Crippen LogP contribution in [0, 0.1) is 27.4 Å². The highest BCUT2D eigenvalue weighted by molar-refractivity contribution is 5.61. The van der Waals surface area contributed by atoms with Gasteiger partial charge in [-0.15, -0.1) is 0 Å². The Hall–Kier alpha value is -2.13. The largest absolute Gasteiger partial charge is 0.382 e. The quantitative estimate of drug-likeness (QED) is 0.611. The van der Waals surface area contributed by atoms with Gasteiger partial charge in [0.2, 0.25) is 0 Å². The Balaban J connectivity index is 2.84. The van der Waals surface area contributed by atoms with Crippen molar-refractivity contribution >= 4 is 11.4 Å². The predicted molar refractivity (Wildman–Crippen MR) is 69.1 cm³/mol. The molecule has 0 aliphatic rings. The van der Waals surface area contributed by atoms with Crippen molar-refractivity contribution in [3.05, 3.63) is 33.9 Å². The van der Waals surface area contributed by atoms with Gasteiger partial charge < -0.3 is 11.1 Å². The monoisotopic (exact) mass is 248 g/mol. The van der Waals surface area contributed by atoms with Crippen molar-refractivity contribution in [2.75, 3.05) is 11.9 Å². The van der Waals surface area contributed by atoms with Gasteiger partial charge in [-0.05, 0) is 12.0 Å². The third kappa shape index (κ3) is 3.43. The number of nitrogens with two attached hydrogens (primary N) is 1. The number of nitrogens with zero attached hydrogens (tertiary/aromatic N) is 2. The molecule has 0 amide bonds. The zero-order chi connectivity index (χ0) is 13.7. The molecule has 0 spiro atoms. The van der Waals surface area contributed by atoms with Crippen LogP contribution in [0.4, 0.5) is 11.4 Å². The predicted octanol–water partition coefficient (Wildman–Crippen LogP) is 1.86. The van der Waals surface area contributed by atoms with Crippen LogP contribution in [-0.4, -0.2) is 17.5 Å². The van der Waals surface area contributed by atoms with Crippen molar-refractivity contribution in [3.63, 3.8) is 0 Å². The normalized spacial score (nSPS) is 11.9. The van der Waals surface area contributed by atoms with Crippen LogP contribution in [0.5, 0.6) is 0 Å². The molecular weight excluding hydrogens is 232 g/mol. The van der Waals surface area contributed by atoms with Crippen LogP contribution in [0.3, 0.4) is 0 Å². The highest BCUT2D eigenvalue weighted by atomic mass is 16.6. The van der Waals surface area contributed by atoms with Gasteiger partial charge in [-0.25, -0.2) is 0 Å². The molecular formula is C12H16N4O2. The van der Waals surface area contributed by atoms with Crippen LogP contribution < -0.4 is 11.1 Å². The molecule has 0 fully saturated rings. The van der Waals surface area contributed by atoms with Crippen molar-refractivity contribution in [2.45, 2.75) is 19.9 Å². The van der Waals surface area contributed by atoms with Gasteiger partial charge in [-0.2, -0.15) is 5.26 Å². The summed E-state index contributed by atoms with van der Waals surface area (Å²) in [6.45, 7) is 4.53. The lowest BCUT2D eigenvalue weighted by Gasteiger charge is -2.17. The summed E-state index contributed by atoms with van der Waals surface area (Å²) in [6.07, 6.45) is 0. The van der Waals surface area contributed by atoms with Gasteiger partial charge in [0, 0.05) is 24.7 Å². The molecule has 1 aromatic rings. The van der Waals surface area contributed by atoms with Gasteiger partial charge in [0.05, 0.1) is 16.2 Å². The molecule has 0 aromatic heterocycles. The molecule has 96 valence electrons. The van der Waals surface area contributed by atoms with Crippen molar-refractivity contribution < 1.29 is 4.92 Å². The third-order valence-corrected chi connectivity index (χ3v) is 2.72. The van der Waals surface area contributed by atoms with E-state index in [1.54, 1.807) is 0 Å². The first kappa shape index (κ1) is 13.9. The van der Waals surface area contributed by atoms with Crippen molar-refractivity contribution in [3.8, 4) is 6.07 Å². The Kier molecular flexibility index (Phi) is 4.63. The molecule has 0 saturated heterocycles. The molecule has 0 radical (unpaired) electrons. The zero-order valence-electron chi connectivity index (χ0n) is 10.4. The number of hydrogen-bond donors (Lipinski definition) is 2. The molecule has 0 saturated carbocycles. The zero-order valence-corrected chi connectivity index (χ0v) is 10.4. The number of nitro groups is 1. The second-order valence-corrected chi connectivity index (χ2v) is 4.39. The summed E-state index contributed by atoms with van der Waals surface area (Å²) < 4.78 is 0. The van der Waals surface area contributed by atoms with E-state index in [9.17, 15) is 10.1 Å². The molecule has 6 heteroatoms. The molecule has 18 heavy (non-hydrogen) atoms. The van der Waals surface area contributed by atoms with Crippen molar-refractivity contribution in [2.24, 2.45) is 11.7 Å². The first-order chi connectivity index (χ1) is 8.45. The van der Waals surface area contributed by atoms with Gasteiger partial charge in [0.15, 0.2) is 0 Å². The summed E-state index contributed by atoms with van der Waals surface area (Å²) >= 11 is 0. The highest BCUT2D eigenvalue weighted by Gasteiger charge is 2.12. The molecule has 1 unspecified atom stereocenters.